The number of hydrogen-bond donors (Lipinski definition) is 0. The Morgan fingerprint density at radius 1 is 0.935 bits per heavy atom. The first-order valence-corrected chi connectivity index (χ1v) is 8.57. The Hall–Kier alpha value is -3.56. The molecule has 1 aromatic heterocycles. The molecule has 31 heavy (non-hydrogen) atoms. The number of halogens is 6. The molecule has 3 rings (SSSR count). The summed E-state index contributed by atoms with van der Waals surface area (Å²) in [5.41, 5.74) is -3.76. The molecule has 1 heterocycles. The van der Waals surface area contributed by atoms with Gasteiger partial charge in [0.25, 0.3) is 0 Å². The summed E-state index contributed by atoms with van der Waals surface area (Å²) >= 11 is 0. The molecule has 0 aliphatic rings. The van der Waals surface area contributed by atoms with Crippen molar-refractivity contribution in [3.8, 4) is 5.75 Å². The third-order valence-electron chi connectivity index (χ3n) is 4.21. The van der Waals surface area contributed by atoms with Gasteiger partial charge in [-0.1, -0.05) is 6.07 Å². The highest BCUT2D eigenvalue weighted by molar-refractivity contribution is 5.89. The van der Waals surface area contributed by atoms with Crippen LogP contribution in [-0.4, -0.2) is 5.97 Å². The molecule has 0 saturated carbocycles. The number of hydrogen-bond acceptors (Lipinski definition) is 4. The first-order chi connectivity index (χ1) is 14.3. The van der Waals surface area contributed by atoms with Gasteiger partial charge in [-0.05, 0) is 48.4 Å². The van der Waals surface area contributed by atoms with Crippen LogP contribution < -0.4 is 10.4 Å². The van der Waals surface area contributed by atoms with E-state index in [4.69, 9.17) is 9.15 Å². The van der Waals surface area contributed by atoms with E-state index in [1.807, 2.05) is 0 Å². The monoisotopic (exact) mass is 442 g/mol. The van der Waals surface area contributed by atoms with Crippen molar-refractivity contribution < 1.29 is 40.3 Å². The SMILES string of the molecule is Cc1cc(=O)oc2cc(OC(=O)/C=C/c3ccc(C(F)(F)F)c(C(F)(F)F)c3)ccc12. The van der Waals surface area contributed by atoms with Crippen LogP contribution >= 0.6 is 0 Å². The molecule has 0 unspecified atom stereocenters. The highest BCUT2D eigenvalue weighted by Crippen LogP contribution is 2.40. The van der Waals surface area contributed by atoms with Crippen molar-refractivity contribution in [2.75, 3.05) is 0 Å². The van der Waals surface area contributed by atoms with Crippen molar-refractivity contribution in [1.82, 2.24) is 0 Å². The third-order valence-corrected chi connectivity index (χ3v) is 4.21. The molecule has 0 bridgehead atoms. The summed E-state index contributed by atoms with van der Waals surface area (Å²) in [4.78, 5) is 23.4. The highest BCUT2D eigenvalue weighted by atomic mass is 19.4. The zero-order valence-corrected chi connectivity index (χ0v) is 15.6. The average Bonchev–Trinajstić information content (AvgIpc) is 2.64. The van der Waals surface area contributed by atoms with Gasteiger partial charge >= 0.3 is 23.9 Å². The second kappa shape index (κ2) is 7.93. The molecule has 0 spiro atoms. The summed E-state index contributed by atoms with van der Waals surface area (Å²) in [5, 5.41) is 0.611. The van der Waals surface area contributed by atoms with Crippen molar-refractivity contribution in [3.05, 3.63) is 81.2 Å². The molecule has 0 atom stereocenters. The molecule has 0 saturated heterocycles. The lowest BCUT2D eigenvalue weighted by Gasteiger charge is -2.15. The van der Waals surface area contributed by atoms with Gasteiger partial charge in [-0.3, -0.25) is 0 Å². The van der Waals surface area contributed by atoms with Crippen molar-refractivity contribution in [1.29, 1.82) is 0 Å². The zero-order chi connectivity index (χ0) is 23.0. The Kier molecular flexibility index (Phi) is 5.66. The molecule has 3 aromatic rings. The Labute approximate surface area is 170 Å². The lowest BCUT2D eigenvalue weighted by Crippen LogP contribution is -2.16. The molecule has 10 heteroatoms. The standard InChI is InChI=1S/C21H12F6O4/c1-11-8-19(29)31-17-10-13(4-5-14(11)17)30-18(28)7-3-12-2-6-15(20(22,23)24)16(9-12)21(25,26)27/h2-10H,1H3/b7-3+. The van der Waals surface area contributed by atoms with E-state index >= 15 is 0 Å². The van der Waals surface area contributed by atoms with Gasteiger partial charge in [-0.25, -0.2) is 9.59 Å². The fourth-order valence-electron chi connectivity index (χ4n) is 2.83. The Morgan fingerprint density at radius 3 is 2.26 bits per heavy atom. The average molecular weight is 442 g/mol. The van der Waals surface area contributed by atoms with Crippen molar-refractivity contribution >= 4 is 23.0 Å². The van der Waals surface area contributed by atoms with Gasteiger partial charge in [0.15, 0.2) is 0 Å². The van der Waals surface area contributed by atoms with E-state index < -0.39 is 35.1 Å². The predicted molar refractivity (Wildman–Crippen MR) is 98.3 cm³/mol. The van der Waals surface area contributed by atoms with Gasteiger partial charge in [-0.15, -0.1) is 0 Å². The topological polar surface area (TPSA) is 56.5 Å². The Balaban J connectivity index is 1.83. The van der Waals surface area contributed by atoms with Crippen LogP contribution in [0.2, 0.25) is 0 Å². The van der Waals surface area contributed by atoms with E-state index in [1.54, 1.807) is 13.0 Å². The lowest BCUT2D eigenvalue weighted by molar-refractivity contribution is -0.162. The second-order valence-electron chi connectivity index (χ2n) is 6.46. The fourth-order valence-corrected chi connectivity index (χ4v) is 2.83. The minimum absolute atomic E-state index is 0.000648. The second-order valence-corrected chi connectivity index (χ2v) is 6.46. The number of fused-ring (bicyclic) bond motifs is 1. The van der Waals surface area contributed by atoms with Gasteiger partial charge < -0.3 is 9.15 Å². The van der Waals surface area contributed by atoms with E-state index in [1.165, 1.54) is 18.2 Å². The molecule has 2 aromatic carbocycles. The Bertz CT molecular complexity index is 1240. The predicted octanol–water partition coefficient (Wildman–Crippen LogP) is 5.76. The van der Waals surface area contributed by atoms with Crippen LogP contribution in [0.5, 0.6) is 5.75 Å². The van der Waals surface area contributed by atoms with E-state index in [0.717, 1.165) is 18.2 Å². The first kappa shape index (κ1) is 22.1. The van der Waals surface area contributed by atoms with E-state index in [2.05, 4.69) is 0 Å². The molecule has 162 valence electrons. The summed E-state index contributed by atoms with van der Waals surface area (Å²) < 4.78 is 87.4. The minimum Gasteiger partial charge on any atom is -0.423 e. The minimum atomic E-state index is -5.23. The van der Waals surface area contributed by atoms with Crippen LogP contribution in [0, 0.1) is 6.92 Å². The van der Waals surface area contributed by atoms with Crippen LogP contribution in [0.1, 0.15) is 22.3 Å². The van der Waals surface area contributed by atoms with Crippen molar-refractivity contribution in [3.63, 3.8) is 0 Å². The molecular weight excluding hydrogens is 430 g/mol. The smallest absolute Gasteiger partial charge is 0.417 e. The highest BCUT2D eigenvalue weighted by Gasteiger charge is 2.42. The molecule has 0 N–H and O–H groups in total. The normalized spacial score (nSPS) is 12.5. The molecule has 0 amide bonds. The van der Waals surface area contributed by atoms with Crippen LogP contribution in [0.3, 0.4) is 0 Å². The van der Waals surface area contributed by atoms with Gasteiger partial charge in [0, 0.05) is 23.6 Å². The van der Waals surface area contributed by atoms with Crippen LogP contribution in [0.25, 0.3) is 17.0 Å². The number of ether oxygens (including phenoxy) is 1. The van der Waals surface area contributed by atoms with Crippen LogP contribution in [0.4, 0.5) is 26.3 Å². The number of rotatable bonds is 3. The molecule has 0 fully saturated rings. The van der Waals surface area contributed by atoms with E-state index in [-0.39, 0.29) is 16.9 Å². The maximum Gasteiger partial charge on any atom is 0.417 e. The molecular formula is C21H12F6O4. The zero-order valence-electron chi connectivity index (χ0n) is 15.6. The van der Waals surface area contributed by atoms with Gasteiger partial charge in [0.1, 0.15) is 11.3 Å². The number of carbonyl (C=O) groups excluding carboxylic acids is 1. The van der Waals surface area contributed by atoms with Crippen molar-refractivity contribution in [2.24, 2.45) is 0 Å². The molecule has 0 aliphatic heterocycles. The number of alkyl halides is 6. The van der Waals surface area contributed by atoms with E-state index in [0.29, 0.717) is 23.1 Å². The van der Waals surface area contributed by atoms with Gasteiger partial charge in [-0.2, -0.15) is 26.3 Å². The molecule has 0 aliphatic carbocycles. The number of benzene rings is 2. The maximum absolute atomic E-state index is 13.0. The molecule has 4 nitrogen and oxygen atoms in total. The van der Waals surface area contributed by atoms with Crippen LogP contribution in [0.15, 0.2) is 57.8 Å². The summed E-state index contributed by atoms with van der Waals surface area (Å²) in [7, 11) is 0. The van der Waals surface area contributed by atoms with Gasteiger partial charge in [0.2, 0.25) is 0 Å². The molecule has 0 radical (unpaired) electrons. The number of carbonyl (C=O) groups is 1. The van der Waals surface area contributed by atoms with Gasteiger partial charge in [0.05, 0.1) is 11.1 Å². The summed E-state index contributed by atoms with van der Waals surface area (Å²) in [5.74, 6) is -0.998. The summed E-state index contributed by atoms with van der Waals surface area (Å²) in [6, 6.07) is 6.93. The fraction of sp³-hybridized carbons (Fsp3) is 0.143. The number of esters is 1. The first-order valence-electron chi connectivity index (χ1n) is 8.57. The quantitative estimate of drug-likeness (QED) is 0.170. The van der Waals surface area contributed by atoms with Crippen LogP contribution in [-0.2, 0) is 17.1 Å². The maximum atomic E-state index is 13.0. The number of aryl methyl sites for hydroxylation is 1. The Morgan fingerprint density at radius 2 is 1.61 bits per heavy atom. The van der Waals surface area contributed by atoms with E-state index in [9.17, 15) is 35.9 Å². The largest absolute Gasteiger partial charge is 0.423 e. The summed E-state index contributed by atoms with van der Waals surface area (Å²) in [6.07, 6.45) is -8.76. The lowest BCUT2D eigenvalue weighted by atomic mass is 10.0. The van der Waals surface area contributed by atoms with Crippen molar-refractivity contribution in [2.45, 2.75) is 19.3 Å². The third kappa shape index (κ3) is 5.14. The summed E-state index contributed by atoms with van der Waals surface area (Å²) in [6.45, 7) is 1.69.